The molecule has 0 fully saturated rings. The third-order valence-electron chi connectivity index (χ3n) is 2.84. The molecule has 18 heavy (non-hydrogen) atoms. The second-order valence-electron chi connectivity index (χ2n) is 4.11. The number of aryl methyl sites for hydroxylation is 2. The molecule has 3 aromatic rings. The van der Waals surface area contributed by atoms with Gasteiger partial charge >= 0.3 is 0 Å². The molecule has 0 radical (unpaired) electrons. The number of carbonyl (C=O) groups excluding carboxylic acids is 1. The minimum absolute atomic E-state index is 0.635. The molecule has 3 rings (SSSR count). The van der Waals surface area contributed by atoms with Crippen LogP contribution in [0.5, 0.6) is 0 Å². The van der Waals surface area contributed by atoms with Crippen molar-refractivity contribution in [3.63, 3.8) is 0 Å². The number of hydrogen-bond donors (Lipinski definition) is 0. The molecular weight excluding hydrogens is 246 g/mol. The van der Waals surface area contributed by atoms with E-state index < -0.39 is 0 Å². The van der Waals surface area contributed by atoms with Gasteiger partial charge in [-0.15, -0.1) is 11.3 Å². The molecule has 0 aliphatic rings. The Kier molecular flexibility index (Phi) is 2.48. The molecule has 0 spiro atoms. The predicted molar refractivity (Wildman–Crippen MR) is 71.9 cm³/mol. The maximum Gasteiger partial charge on any atom is 0.152 e. The molecule has 0 unspecified atom stereocenters. The normalized spacial score (nSPS) is 11.0. The zero-order valence-electron chi connectivity index (χ0n) is 10.0. The summed E-state index contributed by atoms with van der Waals surface area (Å²) >= 11 is 1.61. The Morgan fingerprint density at radius 3 is 2.89 bits per heavy atom. The van der Waals surface area contributed by atoms with Crippen molar-refractivity contribution in [1.82, 2.24) is 14.5 Å². The number of thiophene rings is 1. The first-order valence-electron chi connectivity index (χ1n) is 5.53. The minimum Gasteiger partial charge on any atom is -0.335 e. The van der Waals surface area contributed by atoms with E-state index in [1.165, 1.54) is 0 Å². The van der Waals surface area contributed by atoms with E-state index in [1.807, 2.05) is 36.1 Å². The second-order valence-corrected chi connectivity index (χ2v) is 5.06. The van der Waals surface area contributed by atoms with Crippen LogP contribution in [0.3, 0.4) is 0 Å². The van der Waals surface area contributed by atoms with Crippen molar-refractivity contribution in [1.29, 1.82) is 0 Å². The number of hydrogen-bond acceptors (Lipinski definition) is 4. The molecule has 0 saturated heterocycles. The molecule has 90 valence electrons. The molecule has 5 heteroatoms. The lowest BCUT2D eigenvalue weighted by molar-refractivity contribution is 0.112. The molecule has 0 saturated carbocycles. The van der Waals surface area contributed by atoms with Crippen LogP contribution in [0.15, 0.2) is 23.7 Å². The number of fused-ring (bicyclic) bond motifs is 1. The van der Waals surface area contributed by atoms with Crippen LogP contribution in [-0.2, 0) is 7.05 Å². The van der Waals surface area contributed by atoms with Crippen LogP contribution >= 0.6 is 11.3 Å². The summed E-state index contributed by atoms with van der Waals surface area (Å²) in [7, 11) is 1.89. The summed E-state index contributed by atoms with van der Waals surface area (Å²) in [5.74, 6) is 0.713. The highest BCUT2D eigenvalue weighted by Gasteiger charge is 2.16. The standard InChI is InChI=1S/C13H11N3OS/c1-8-14-12(10-4-3-5-18-10)11-9(7-17)6-16(2)13(11)15-8/h3-7H,1-2H3. The molecule has 0 atom stereocenters. The van der Waals surface area contributed by atoms with Gasteiger partial charge in [-0.25, -0.2) is 9.97 Å². The average molecular weight is 257 g/mol. The summed E-state index contributed by atoms with van der Waals surface area (Å²) in [4.78, 5) is 21.1. The Morgan fingerprint density at radius 2 is 2.22 bits per heavy atom. The lowest BCUT2D eigenvalue weighted by Gasteiger charge is -2.03. The van der Waals surface area contributed by atoms with E-state index >= 15 is 0 Å². The smallest absolute Gasteiger partial charge is 0.152 e. The van der Waals surface area contributed by atoms with Gasteiger partial charge in [0.15, 0.2) is 6.29 Å². The fourth-order valence-electron chi connectivity index (χ4n) is 2.09. The van der Waals surface area contributed by atoms with E-state index in [2.05, 4.69) is 9.97 Å². The first-order chi connectivity index (χ1) is 8.70. The second kappa shape index (κ2) is 4.03. The Labute approximate surface area is 108 Å². The van der Waals surface area contributed by atoms with Crippen molar-refractivity contribution in [2.24, 2.45) is 7.05 Å². The van der Waals surface area contributed by atoms with Crippen molar-refractivity contribution in [2.45, 2.75) is 6.92 Å². The van der Waals surface area contributed by atoms with E-state index in [0.717, 1.165) is 27.9 Å². The Balaban J connectivity index is 2.46. The SMILES string of the molecule is Cc1nc(-c2cccs2)c2c(C=O)cn(C)c2n1. The third-order valence-corrected chi connectivity index (χ3v) is 3.72. The zero-order valence-corrected chi connectivity index (χ0v) is 10.9. The van der Waals surface area contributed by atoms with Crippen LogP contribution in [0.25, 0.3) is 21.6 Å². The summed E-state index contributed by atoms with van der Waals surface area (Å²) in [6, 6.07) is 3.99. The highest BCUT2D eigenvalue weighted by atomic mass is 32.1. The number of nitrogens with zero attached hydrogens (tertiary/aromatic N) is 3. The Hall–Kier alpha value is -2.01. The summed E-state index contributed by atoms with van der Waals surface area (Å²) < 4.78 is 1.87. The van der Waals surface area contributed by atoms with Gasteiger partial charge in [-0.3, -0.25) is 4.79 Å². The van der Waals surface area contributed by atoms with Crippen LogP contribution in [0.4, 0.5) is 0 Å². The van der Waals surface area contributed by atoms with E-state index in [0.29, 0.717) is 11.4 Å². The summed E-state index contributed by atoms with van der Waals surface area (Å²) in [6.07, 6.45) is 2.65. The lowest BCUT2D eigenvalue weighted by atomic mass is 10.2. The maximum absolute atomic E-state index is 11.2. The molecule has 0 amide bonds. The van der Waals surface area contributed by atoms with Gasteiger partial charge in [-0.1, -0.05) is 6.07 Å². The number of carbonyl (C=O) groups is 1. The monoisotopic (exact) mass is 257 g/mol. The van der Waals surface area contributed by atoms with Crippen molar-refractivity contribution in [3.05, 3.63) is 35.1 Å². The van der Waals surface area contributed by atoms with Crippen molar-refractivity contribution >= 4 is 28.7 Å². The first-order valence-corrected chi connectivity index (χ1v) is 6.41. The van der Waals surface area contributed by atoms with Gasteiger partial charge in [0.25, 0.3) is 0 Å². The van der Waals surface area contributed by atoms with Crippen molar-refractivity contribution in [2.75, 3.05) is 0 Å². The third kappa shape index (κ3) is 1.55. The van der Waals surface area contributed by atoms with E-state index in [4.69, 9.17) is 0 Å². The number of rotatable bonds is 2. The van der Waals surface area contributed by atoms with E-state index in [1.54, 1.807) is 17.5 Å². The fraction of sp³-hybridized carbons (Fsp3) is 0.154. The van der Waals surface area contributed by atoms with Gasteiger partial charge in [0, 0.05) is 18.8 Å². The van der Waals surface area contributed by atoms with Crippen LogP contribution in [-0.4, -0.2) is 20.8 Å². The largest absolute Gasteiger partial charge is 0.335 e. The molecule has 4 nitrogen and oxygen atoms in total. The number of aldehydes is 1. The van der Waals surface area contributed by atoms with Gasteiger partial charge < -0.3 is 4.57 Å². The van der Waals surface area contributed by atoms with Crippen LogP contribution in [0.2, 0.25) is 0 Å². The van der Waals surface area contributed by atoms with Gasteiger partial charge in [-0.05, 0) is 18.4 Å². The average Bonchev–Trinajstić information content (AvgIpc) is 2.97. The van der Waals surface area contributed by atoms with Gasteiger partial charge in [0.05, 0.1) is 16.0 Å². The quantitative estimate of drug-likeness (QED) is 0.663. The predicted octanol–water partition coefficient (Wildman–Crippen LogP) is 2.82. The molecule has 0 N–H and O–H groups in total. The highest BCUT2D eigenvalue weighted by molar-refractivity contribution is 7.13. The minimum atomic E-state index is 0.635. The van der Waals surface area contributed by atoms with Gasteiger partial charge in [0.1, 0.15) is 11.5 Å². The van der Waals surface area contributed by atoms with Crippen molar-refractivity contribution in [3.8, 4) is 10.6 Å². The van der Waals surface area contributed by atoms with Crippen LogP contribution in [0, 0.1) is 6.92 Å². The summed E-state index contributed by atoms with van der Waals surface area (Å²) in [5, 5.41) is 2.84. The molecule has 3 heterocycles. The maximum atomic E-state index is 11.2. The fourth-order valence-corrected chi connectivity index (χ4v) is 2.81. The topological polar surface area (TPSA) is 47.8 Å². The Bertz CT molecular complexity index is 728. The van der Waals surface area contributed by atoms with Gasteiger partial charge in [-0.2, -0.15) is 0 Å². The molecular formula is C13H11N3OS. The van der Waals surface area contributed by atoms with Crippen molar-refractivity contribution < 1.29 is 4.79 Å². The molecule has 3 aromatic heterocycles. The highest BCUT2D eigenvalue weighted by Crippen LogP contribution is 2.31. The van der Waals surface area contributed by atoms with Crippen LogP contribution < -0.4 is 0 Å². The molecule has 0 bridgehead atoms. The molecule has 0 aromatic carbocycles. The molecule has 0 aliphatic heterocycles. The van der Waals surface area contributed by atoms with E-state index in [-0.39, 0.29) is 0 Å². The summed E-state index contributed by atoms with van der Waals surface area (Å²) in [6.45, 7) is 1.87. The lowest BCUT2D eigenvalue weighted by Crippen LogP contribution is -1.95. The number of aromatic nitrogens is 3. The first kappa shape index (κ1) is 11.1. The Morgan fingerprint density at radius 1 is 1.39 bits per heavy atom. The molecule has 0 aliphatic carbocycles. The van der Waals surface area contributed by atoms with Gasteiger partial charge in [0.2, 0.25) is 0 Å². The van der Waals surface area contributed by atoms with E-state index in [9.17, 15) is 4.79 Å². The zero-order chi connectivity index (χ0) is 12.7. The van der Waals surface area contributed by atoms with Crippen LogP contribution in [0.1, 0.15) is 16.2 Å². The summed E-state index contributed by atoms with van der Waals surface area (Å²) in [5.41, 5.74) is 2.28.